The average molecular weight is 340 g/mol. The molecule has 6 nitrogen and oxygen atoms in total. The molecule has 1 saturated heterocycles. The van der Waals surface area contributed by atoms with Crippen LogP contribution in [0.4, 0.5) is 5.82 Å². The van der Waals surface area contributed by atoms with Crippen LogP contribution in [0.5, 0.6) is 0 Å². The van der Waals surface area contributed by atoms with Gasteiger partial charge in [0.1, 0.15) is 0 Å². The highest BCUT2D eigenvalue weighted by Crippen LogP contribution is 2.24. The number of nitrogens with zero attached hydrogens (tertiary/aromatic N) is 4. The lowest BCUT2D eigenvalue weighted by Gasteiger charge is -2.38. The molecule has 0 N–H and O–H groups in total. The minimum atomic E-state index is -0.532. The molecule has 1 aromatic carbocycles. The van der Waals surface area contributed by atoms with Gasteiger partial charge in [0.25, 0.3) is 5.91 Å². The van der Waals surface area contributed by atoms with E-state index in [9.17, 15) is 4.79 Å². The molecular weight excluding hydrogens is 316 g/mol. The van der Waals surface area contributed by atoms with Crippen molar-refractivity contribution in [3.63, 3.8) is 0 Å². The Balaban J connectivity index is 1.61. The second kappa shape index (κ2) is 8.07. The smallest absolute Gasteiger partial charge is 0.256 e. The second-order valence-corrected chi connectivity index (χ2v) is 6.28. The topological polar surface area (TPSA) is 58.6 Å². The molecule has 132 valence electrons. The molecule has 1 aromatic heterocycles. The van der Waals surface area contributed by atoms with Crippen molar-refractivity contribution in [1.82, 2.24) is 15.1 Å². The number of anilines is 1. The number of carbonyl (C=O) groups excluding carboxylic acids is 1. The lowest BCUT2D eigenvalue weighted by molar-refractivity contribution is -0.143. The number of amides is 1. The predicted molar refractivity (Wildman–Crippen MR) is 96.2 cm³/mol. The number of hydrogen-bond acceptors (Lipinski definition) is 5. The first-order chi connectivity index (χ1) is 12.2. The second-order valence-electron chi connectivity index (χ2n) is 6.28. The van der Waals surface area contributed by atoms with Crippen molar-refractivity contribution in [2.75, 3.05) is 32.1 Å². The highest BCUT2D eigenvalue weighted by molar-refractivity contribution is 5.82. The molecule has 3 rings (SSSR count). The van der Waals surface area contributed by atoms with Gasteiger partial charge in [-0.3, -0.25) is 4.79 Å². The Hall–Kier alpha value is -2.47. The Morgan fingerprint density at radius 2 is 1.92 bits per heavy atom. The molecule has 0 radical (unpaired) electrons. The zero-order valence-corrected chi connectivity index (χ0v) is 14.7. The molecule has 1 aliphatic rings. The average Bonchev–Trinajstić information content (AvgIpc) is 2.69. The van der Waals surface area contributed by atoms with Crippen molar-refractivity contribution in [3.05, 3.63) is 54.2 Å². The first-order valence-corrected chi connectivity index (χ1v) is 8.57. The predicted octanol–water partition coefficient (Wildman–Crippen LogP) is 2.29. The Morgan fingerprint density at radius 1 is 1.20 bits per heavy atom. The monoisotopic (exact) mass is 340 g/mol. The summed E-state index contributed by atoms with van der Waals surface area (Å²) >= 11 is 0. The van der Waals surface area contributed by atoms with Crippen LogP contribution in [0.2, 0.25) is 0 Å². The maximum absolute atomic E-state index is 12.8. The number of carbonyl (C=O) groups is 1. The van der Waals surface area contributed by atoms with Gasteiger partial charge in [-0.05, 0) is 30.5 Å². The molecule has 25 heavy (non-hydrogen) atoms. The minimum Gasteiger partial charge on any atom is -0.367 e. The van der Waals surface area contributed by atoms with Crippen LogP contribution in [0.3, 0.4) is 0 Å². The van der Waals surface area contributed by atoms with Crippen LogP contribution in [-0.4, -0.2) is 54.3 Å². The Labute approximate surface area is 148 Å². The van der Waals surface area contributed by atoms with Crippen molar-refractivity contribution in [2.45, 2.75) is 25.0 Å². The Morgan fingerprint density at radius 3 is 2.52 bits per heavy atom. The molecule has 2 aromatic rings. The van der Waals surface area contributed by atoms with Gasteiger partial charge >= 0.3 is 0 Å². The number of benzene rings is 1. The van der Waals surface area contributed by atoms with E-state index in [-0.39, 0.29) is 5.91 Å². The largest absolute Gasteiger partial charge is 0.367 e. The quantitative estimate of drug-likeness (QED) is 0.836. The van der Waals surface area contributed by atoms with E-state index < -0.39 is 6.10 Å². The molecule has 0 spiro atoms. The van der Waals surface area contributed by atoms with Crippen LogP contribution < -0.4 is 4.90 Å². The third kappa shape index (κ3) is 3.96. The fraction of sp³-hybridized carbons (Fsp3) is 0.421. The van der Waals surface area contributed by atoms with Gasteiger partial charge in [-0.25, -0.2) is 0 Å². The molecule has 1 unspecified atom stereocenters. The van der Waals surface area contributed by atoms with Crippen LogP contribution in [0.1, 0.15) is 24.5 Å². The molecule has 0 bridgehead atoms. The number of piperidine rings is 1. The first-order valence-electron chi connectivity index (χ1n) is 8.57. The van der Waals surface area contributed by atoms with E-state index in [0.717, 1.165) is 37.3 Å². The van der Waals surface area contributed by atoms with Crippen molar-refractivity contribution in [3.8, 4) is 0 Å². The van der Waals surface area contributed by atoms with Crippen molar-refractivity contribution in [2.24, 2.45) is 0 Å². The van der Waals surface area contributed by atoms with Crippen LogP contribution in [0.25, 0.3) is 0 Å². The van der Waals surface area contributed by atoms with Crippen LogP contribution in [-0.2, 0) is 9.53 Å². The fourth-order valence-corrected chi connectivity index (χ4v) is 3.32. The van der Waals surface area contributed by atoms with Gasteiger partial charge in [-0.1, -0.05) is 30.3 Å². The minimum absolute atomic E-state index is 0.0364. The highest BCUT2D eigenvalue weighted by atomic mass is 16.5. The molecule has 1 atom stereocenters. The van der Waals surface area contributed by atoms with Gasteiger partial charge < -0.3 is 14.5 Å². The van der Waals surface area contributed by atoms with Crippen molar-refractivity contribution in [1.29, 1.82) is 0 Å². The maximum Gasteiger partial charge on any atom is 0.256 e. The number of rotatable bonds is 5. The van der Waals surface area contributed by atoms with Gasteiger partial charge in [0.2, 0.25) is 0 Å². The molecule has 2 heterocycles. The number of methoxy groups -OCH3 is 1. The van der Waals surface area contributed by atoms with Gasteiger partial charge in [0, 0.05) is 39.5 Å². The SMILES string of the molecule is COC(C(=O)N1CCC(N(C)c2cccnn2)CC1)c1ccccc1. The Kier molecular flexibility index (Phi) is 5.60. The third-order valence-corrected chi connectivity index (χ3v) is 4.81. The summed E-state index contributed by atoms with van der Waals surface area (Å²) < 4.78 is 5.48. The van der Waals surface area contributed by atoms with Gasteiger partial charge in [0.15, 0.2) is 11.9 Å². The number of likely N-dealkylation sites (tertiary alicyclic amines) is 1. The zero-order valence-electron chi connectivity index (χ0n) is 14.7. The van der Waals surface area contributed by atoms with E-state index in [4.69, 9.17) is 4.74 Å². The summed E-state index contributed by atoms with van der Waals surface area (Å²) in [5.74, 6) is 0.903. The summed E-state index contributed by atoms with van der Waals surface area (Å²) in [5.41, 5.74) is 0.897. The van der Waals surface area contributed by atoms with E-state index in [2.05, 4.69) is 15.1 Å². The first kappa shape index (κ1) is 17.4. The molecule has 1 amide bonds. The summed E-state index contributed by atoms with van der Waals surface area (Å²) in [6.07, 6.45) is 2.96. The lowest BCUT2D eigenvalue weighted by atomic mass is 10.0. The van der Waals surface area contributed by atoms with Gasteiger partial charge in [-0.2, -0.15) is 5.10 Å². The fourth-order valence-electron chi connectivity index (χ4n) is 3.32. The summed E-state index contributed by atoms with van der Waals surface area (Å²) in [4.78, 5) is 16.9. The van der Waals surface area contributed by atoms with Gasteiger partial charge in [-0.15, -0.1) is 5.10 Å². The number of ether oxygens (including phenoxy) is 1. The van der Waals surface area contributed by atoms with Crippen molar-refractivity contribution >= 4 is 11.7 Å². The molecule has 0 saturated carbocycles. The van der Waals surface area contributed by atoms with Crippen LogP contribution in [0, 0.1) is 0 Å². The summed E-state index contributed by atoms with van der Waals surface area (Å²) in [6.45, 7) is 1.45. The van der Waals surface area contributed by atoms with E-state index in [1.54, 1.807) is 13.3 Å². The lowest BCUT2D eigenvalue weighted by Crippen LogP contribution is -2.47. The van der Waals surface area contributed by atoms with Crippen LogP contribution in [0.15, 0.2) is 48.7 Å². The molecule has 6 heteroatoms. The van der Waals surface area contributed by atoms with Crippen LogP contribution >= 0.6 is 0 Å². The summed E-state index contributed by atoms with van der Waals surface area (Å²) in [6, 6.07) is 13.9. The van der Waals surface area contributed by atoms with E-state index in [0.29, 0.717) is 6.04 Å². The van der Waals surface area contributed by atoms with E-state index in [1.165, 1.54) is 0 Å². The normalized spacial score (nSPS) is 16.5. The molecule has 0 aliphatic carbocycles. The Bertz CT molecular complexity index is 672. The summed E-state index contributed by atoms with van der Waals surface area (Å²) in [5, 5.41) is 8.10. The van der Waals surface area contributed by atoms with E-state index in [1.807, 2.05) is 54.4 Å². The maximum atomic E-state index is 12.8. The standard InChI is InChI=1S/C19H24N4O2/c1-22(17-9-6-12-20-21-17)16-10-13-23(14-11-16)19(24)18(25-2)15-7-4-3-5-8-15/h3-9,12,16,18H,10-11,13-14H2,1-2H3. The van der Waals surface area contributed by atoms with Gasteiger partial charge in [0.05, 0.1) is 0 Å². The number of hydrogen-bond donors (Lipinski definition) is 0. The zero-order chi connectivity index (χ0) is 17.6. The summed E-state index contributed by atoms with van der Waals surface area (Å²) in [7, 11) is 3.62. The molecule has 1 fully saturated rings. The number of aromatic nitrogens is 2. The van der Waals surface area contributed by atoms with Crippen molar-refractivity contribution < 1.29 is 9.53 Å². The highest BCUT2D eigenvalue weighted by Gasteiger charge is 2.30. The molecular formula is C19H24N4O2. The molecule has 1 aliphatic heterocycles. The van der Waals surface area contributed by atoms with E-state index >= 15 is 0 Å². The third-order valence-electron chi connectivity index (χ3n) is 4.81.